The molecular weight excluding hydrogens is 168 g/mol. The first-order valence-electron chi connectivity index (χ1n) is 3.68. The normalized spacial score (nSPS) is 10.5. The summed E-state index contributed by atoms with van der Waals surface area (Å²) >= 11 is 1.72. The first-order valence-corrected chi connectivity index (χ1v) is 4.56. The van der Waals surface area contributed by atoms with E-state index < -0.39 is 0 Å². The van der Waals surface area contributed by atoms with Crippen LogP contribution in [0.5, 0.6) is 5.75 Å². The van der Waals surface area contributed by atoms with Gasteiger partial charge in [-0.05, 0) is 41.5 Å². The monoisotopic (exact) mass is 177 g/mol. The topological polar surface area (TPSA) is 9.23 Å². The lowest BCUT2D eigenvalue weighted by Gasteiger charge is -1.98. The summed E-state index contributed by atoms with van der Waals surface area (Å²) in [7, 11) is 1.68. The number of methoxy groups -OCH3 is 1. The van der Waals surface area contributed by atoms with Crippen molar-refractivity contribution < 1.29 is 4.74 Å². The van der Waals surface area contributed by atoms with Gasteiger partial charge in [0.05, 0.1) is 7.11 Å². The molecule has 0 amide bonds. The van der Waals surface area contributed by atoms with E-state index in [4.69, 9.17) is 4.74 Å². The lowest BCUT2D eigenvalue weighted by atomic mass is 10.2. The molecule has 0 saturated heterocycles. The number of ether oxygens (including phenoxy) is 1. The smallest absolute Gasteiger partial charge is 0.119 e. The second-order valence-corrected chi connectivity index (χ2v) is 3.53. The average molecular weight is 177 g/mol. The van der Waals surface area contributed by atoms with E-state index in [1.807, 2.05) is 12.1 Å². The summed E-state index contributed by atoms with van der Waals surface area (Å²) in [6.07, 6.45) is 0. The molecule has 1 aromatic carbocycles. The highest BCUT2D eigenvalue weighted by atomic mass is 32.1. The van der Waals surface area contributed by atoms with Crippen molar-refractivity contribution in [2.75, 3.05) is 7.11 Å². The molecule has 1 heterocycles. The molecule has 12 heavy (non-hydrogen) atoms. The summed E-state index contributed by atoms with van der Waals surface area (Å²) < 4.78 is 6.39. The molecular formula is C10H9OS. The Kier molecular flexibility index (Phi) is 1.77. The third-order valence-corrected chi connectivity index (χ3v) is 2.87. The van der Waals surface area contributed by atoms with E-state index in [0.717, 1.165) is 11.3 Å². The van der Waals surface area contributed by atoms with Crippen LogP contribution >= 0.6 is 11.3 Å². The largest absolute Gasteiger partial charge is 0.497 e. The molecule has 0 aliphatic carbocycles. The fourth-order valence-electron chi connectivity index (χ4n) is 1.19. The first kappa shape index (κ1) is 7.62. The van der Waals surface area contributed by atoms with Crippen molar-refractivity contribution >= 4 is 21.4 Å². The molecule has 61 valence electrons. The average Bonchev–Trinajstić information content (AvgIpc) is 2.47. The van der Waals surface area contributed by atoms with Gasteiger partial charge in [0.15, 0.2) is 0 Å². The maximum absolute atomic E-state index is 5.12. The van der Waals surface area contributed by atoms with Gasteiger partial charge in [-0.3, -0.25) is 0 Å². The van der Waals surface area contributed by atoms with Crippen molar-refractivity contribution in [1.29, 1.82) is 0 Å². The van der Waals surface area contributed by atoms with Crippen molar-refractivity contribution in [3.63, 3.8) is 0 Å². The standard InChI is InChI=1S/C10H9OS/c1-7-6-12-10-4-3-8(11-2)5-9(7)10/h3-6H,1H2,2H3. The van der Waals surface area contributed by atoms with Crippen molar-refractivity contribution in [3.8, 4) is 5.75 Å². The Morgan fingerprint density at radius 3 is 3.00 bits per heavy atom. The maximum atomic E-state index is 5.12. The highest BCUT2D eigenvalue weighted by Gasteiger charge is 2.00. The second kappa shape index (κ2) is 2.79. The Morgan fingerprint density at radius 2 is 2.25 bits per heavy atom. The lowest BCUT2D eigenvalue weighted by Crippen LogP contribution is -1.80. The Bertz CT molecular complexity index is 403. The minimum atomic E-state index is 0.894. The van der Waals surface area contributed by atoms with Gasteiger partial charge in [0, 0.05) is 4.70 Å². The number of fused-ring (bicyclic) bond motifs is 1. The van der Waals surface area contributed by atoms with Crippen LogP contribution in [0, 0.1) is 6.92 Å². The highest BCUT2D eigenvalue weighted by Crippen LogP contribution is 2.28. The SMILES string of the molecule is [CH2]c1csc2ccc(OC)cc12. The van der Waals surface area contributed by atoms with E-state index in [1.54, 1.807) is 18.4 Å². The summed E-state index contributed by atoms with van der Waals surface area (Å²) in [6, 6.07) is 6.06. The van der Waals surface area contributed by atoms with Gasteiger partial charge in [0.2, 0.25) is 0 Å². The maximum Gasteiger partial charge on any atom is 0.119 e. The first-order chi connectivity index (χ1) is 5.81. The van der Waals surface area contributed by atoms with Crippen molar-refractivity contribution in [1.82, 2.24) is 0 Å². The van der Waals surface area contributed by atoms with Gasteiger partial charge in [-0.15, -0.1) is 11.3 Å². The molecule has 0 atom stereocenters. The highest BCUT2D eigenvalue weighted by molar-refractivity contribution is 7.17. The molecule has 0 saturated carbocycles. The molecule has 0 aliphatic heterocycles. The van der Waals surface area contributed by atoms with Crippen LogP contribution in [0.3, 0.4) is 0 Å². The Hall–Kier alpha value is -1.02. The predicted octanol–water partition coefficient (Wildman–Crippen LogP) is 3.09. The second-order valence-electron chi connectivity index (χ2n) is 2.62. The van der Waals surface area contributed by atoms with Gasteiger partial charge in [0.25, 0.3) is 0 Å². The summed E-state index contributed by atoms with van der Waals surface area (Å²) in [5, 5.41) is 3.25. The van der Waals surface area contributed by atoms with Gasteiger partial charge < -0.3 is 4.74 Å². The summed E-state index contributed by atoms with van der Waals surface area (Å²) in [5.41, 5.74) is 1.08. The molecule has 0 bridgehead atoms. The van der Waals surface area contributed by atoms with Crippen LogP contribution in [0.2, 0.25) is 0 Å². The van der Waals surface area contributed by atoms with E-state index in [-0.39, 0.29) is 0 Å². The molecule has 2 heteroatoms. The fraction of sp³-hybridized carbons (Fsp3) is 0.100. The zero-order valence-electron chi connectivity index (χ0n) is 6.83. The summed E-state index contributed by atoms with van der Waals surface area (Å²) in [4.78, 5) is 0. The Morgan fingerprint density at radius 1 is 1.42 bits per heavy atom. The van der Waals surface area contributed by atoms with Crippen LogP contribution in [-0.4, -0.2) is 7.11 Å². The molecule has 0 spiro atoms. The fourth-order valence-corrected chi connectivity index (χ4v) is 2.05. The third-order valence-electron chi connectivity index (χ3n) is 1.86. The van der Waals surface area contributed by atoms with Gasteiger partial charge in [-0.1, -0.05) is 0 Å². The van der Waals surface area contributed by atoms with E-state index in [2.05, 4.69) is 18.4 Å². The number of benzene rings is 1. The molecule has 0 aliphatic rings. The molecule has 0 fully saturated rings. The Balaban J connectivity index is 2.71. The van der Waals surface area contributed by atoms with Crippen molar-refractivity contribution in [2.24, 2.45) is 0 Å². The molecule has 0 unspecified atom stereocenters. The molecule has 2 aromatic rings. The minimum Gasteiger partial charge on any atom is -0.497 e. The third kappa shape index (κ3) is 1.08. The summed E-state index contributed by atoms with van der Waals surface area (Å²) in [5.74, 6) is 0.894. The van der Waals surface area contributed by atoms with E-state index in [0.29, 0.717) is 0 Å². The van der Waals surface area contributed by atoms with Crippen molar-refractivity contribution in [2.45, 2.75) is 0 Å². The van der Waals surface area contributed by atoms with Crippen LogP contribution in [0.25, 0.3) is 10.1 Å². The zero-order valence-corrected chi connectivity index (χ0v) is 7.65. The number of hydrogen-bond acceptors (Lipinski definition) is 2. The predicted molar refractivity (Wildman–Crippen MR) is 52.8 cm³/mol. The quantitative estimate of drug-likeness (QED) is 0.650. The van der Waals surface area contributed by atoms with Gasteiger partial charge in [0.1, 0.15) is 5.75 Å². The van der Waals surface area contributed by atoms with Crippen LogP contribution in [-0.2, 0) is 0 Å². The van der Waals surface area contributed by atoms with Gasteiger partial charge >= 0.3 is 0 Å². The number of hydrogen-bond donors (Lipinski definition) is 0. The molecule has 1 radical (unpaired) electrons. The van der Waals surface area contributed by atoms with Crippen molar-refractivity contribution in [3.05, 3.63) is 36.1 Å². The zero-order chi connectivity index (χ0) is 8.55. The molecule has 2 rings (SSSR count). The summed E-state index contributed by atoms with van der Waals surface area (Å²) in [6.45, 7) is 3.94. The number of rotatable bonds is 1. The van der Waals surface area contributed by atoms with Crippen LogP contribution < -0.4 is 4.74 Å². The lowest BCUT2D eigenvalue weighted by molar-refractivity contribution is 0.415. The van der Waals surface area contributed by atoms with E-state index >= 15 is 0 Å². The van der Waals surface area contributed by atoms with Crippen LogP contribution in [0.1, 0.15) is 5.56 Å². The van der Waals surface area contributed by atoms with Gasteiger partial charge in [-0.25, -0.2) is 0 Å². The van der Waals surface area contributed by atoms with Gasteiger partial charge in [-0.2, -0.15) is 0 Å². The molecule has 1 aromatic heterocycles. The van der Waals surface area contributed by atoms with E-state index in [1.165, 1.54) is 10.1 Å². The van der Waals surface area contributed by atoms with E-state index in [9.17, 15) is 0 Å². The molecule has 0 N–H and O–H groups in total. The minimum absolute atomic E-state index is 0.894. The Labute approximate surface area is 75.6 Å². The van der Waals surface area contributed by atoms with Crippen LogP contribution in [0.4, 0.5) is 0 Å². The molecule has 1 nitrogen and oxygen atoms in total. The van der Waals surface area contributed by atoms with Crippen LogP contribution in [0.15, 0.2) is 23.6 Å². The number of thiophene rings is 1.